The summed E-state index contributed by atoms with van der Waals surface area (Å²) in [5.74, 6) is -4.56. The molecule has 0 amide bonds. The first-order valence-electron chi connectivity index (χ1n) is 7.29. The van der Waals surface area contributed by atoms with Crippen LogP contribution in [0.2, 0.25) is 0 Å². The lowest BCUT2D eigenvalue weighted by molar-refractivity contribution is -0.283. The number of rotatable bonds is 11. The predicted molar refractivity (Wildman–Crippen MR) is 80.7 cm³/mol. The first-order chi connectivity index (χ1) is 9.20. The quantitative estimate of drug-likeness (QED) is 0.149. The minimum absolute atomic E-state index is 0.432. The van der Waals surface area contributed by atoms with E-state index in [0.717, 1.165) is 25.7 Å². The van der Waals surface area contributed by atoms with Crippen molar-refractivity contribution in [2.24, 2.45) is 0 Å². The molecule has 0 aliphatic rings. The second kappa shape index (κ2) is 10.2. The van der Waals surface area contributed by atoms with Gasteiger partial charge in [0.15, 0.2) is 0 Å². The molecular formula is C14H24F5I. The summed E-state index contributed by atoms with van der Waals surface area (Å²) in [6.45, 7) is 2.15. The summed E-state index contributed by atoms with van der Waals surface area (Å²) in [7, 11) is 0. The van der Waals surface area contributed by atoms with Crippen molar-refractivity contribution in [3.63, 3.8) is 0 Å². The molecule has 0 aliphatic carbocycles. The summed E-state index contributed by atoms with van der Waals surface area (Å²) < 4.78 is 61.1. The topological polar surface area (TPSA) is 0 Å². The van der Waals surface area contributed by atoms with Crippen molar-refractivity contribution < 1.29 is 22.0 Å². The van der Waals surface area contributed by atoms with Gasteiger partial charge in [0.1, 0.15) is 0 Å². The number of halogens is 6. The SMILES string of the molecule is CCCCCCCCCCC(I)CC(F)(F)C(F)(F)F. The van der Waals surface area contributed by atoms with Crippen LogP contribution < -0.4 is 0 Å². The van der Waals surface area contributed by atoms with Crippen LogP contribution in [0.1, 0.15) is 71.1 Å². The summed E-state index contributed by atoms with van der Waals surface area (Å²) in [4.78, 5) is 0. The van der Waals surface area contributed by atoms with Gasteiger partial charge in [-0.25, -0.2) is 0 Å². The van der Waals surface area contributed by atoms with E-state index >= 15 is 0 Å². The standard InChI is InChI=1S/C14H24F5I/c1-2-3-4-5-6-7-8-9-10-12(20)11-13(15,16)14(17,18)19/h12H,2-11H2,1H3. The highest BCUT2D eigenvalue weighted by molar-refractivity contribution is 14.1. The first-order valence-corrected chi connectivity index (χ1v) is 8.54. The Hall–Kier alpha value is 0.380. The number of hydrogen-bond donors (Lipinski definition) is 0. The molecule has 1 atom stereocenters. The third-order valence-corrected chi connectivity index (χ3v) is 4.33. The Morgan fingerprint density at radius 1 is 0.800 bits per heavy atom. The van der Waals surface area contributed by atoms with Crippen molar-refractivity contribution in [1.82, 2.24) is 0 Å². The van der Waals surface area contributed by atoms with E-state index in [1.165, 1.54) is 25.7 Å². The Balaban J connectivity index is 3.62. The molecule has 0 aromatic heterocycles. The maximum absolute atomic E-state index is 12.8. The average molecular weight is 414 g/mol. The third kappa shape index (κ3) is 9.34. The van der Waals surface area contributed by atoms with E-state index in [4.69, 9.17) is 0 Å². The van der Waals surface area contributed by atoms with Gasteiger partial charge in [-0.15, -0.1) is 0 Å². The Morgan fingerprint density at radius 3 is 1.70 bits per heavy atom. The van der Waals surface area contributed by atoms with Gasteiger partial charge in [-0.2, -0.15) is 22.0 Å². The summed E-state index contributed by atoms with van der Waals surface area (Å²) in [6, 6.07) is 0. The van der Waals surface area contributed by atoms with E-state index in [-0.39, 0.29) is 0 Å². The lowest BCUT2D eigenvalue weighted by atomic mass is 10.0. The van der Waals surface area contributed by atoms with Crippen LogP contribution in [-0.4, -0.2) is 16.0 Å². The van der Waals surface area contributed by atoms with Gasteiger partial charge in [0.05, 0.1) is 0 Å². The number of hydrogen-bond acceptors (Lipinski definition) is 0. The highest BCUT2D eigenvalue weighted by Gasteiger charge is 2.57. The van der Waals surface area contributed by atoms with Gasteiger partial charge in [0.2, 0.25) is 0 Å². The van der Waals surface area contributed by atoms with Crippen molar-refractivity contribution in [2.75, 3.05) is 0 Å². The molecule has 0 saturated heterocycles. The van der Waals surface area contributed by atoms with Gasteiger partial charge in [0, 0.05) is 10.3 Å². The van der Waals surface area contributed by atoms with E-state index in [9.17, 15) is 22.0 Å². The van der Waals surface area contributed by atoms with E-state index in [0.29, 0.717) is 6.42 Å². The summed E-state index contributed by atoms with van der Waals surface area (Å²) in [5, 5.41) is 0. The van der Waals surface area contributed by atoms with E-state index < -0.39 is 22.4 Å². The zero-order valence-corrected chi connectivity index (χ0v) is 14.1. The maximum Gasteiger partial charge on any atom is 0.453 e. The van der Waals surface area contributed by atoms with Crippen molar-refractivity contribution >= 4 is 22.6 Å². The van der Waals surface area contributed by atoms with Crippen LogP contribution in [0.4, 0.5) is 22.0 Å². The summed E-state index contributed by atoms with van der Waals surface area (Å²) in [6.07, 6.45) is 2.58. The number of alkyl halides is 6. The summed E-state index contributed by atoms with van der Waals surface area (Å²) in [5.41, 5.74) is 0. The van der Waals surface area contributed by atoms with Gasteiger partial charge in [-0.05, 0) is 6.42 Å². The minimum atomic E-state index is -5.42. The maximum atomic E-state index is 12.8. The molecule has 0 bridgehead atoms. The second-order valence-electron chi connectivity index (χ2n) is 5.27. The molecule has 0 aliphatic heterocycles. The minimum Gasteiger partial charge on any atom is -0.196 e. The van der Waals surface area contributed by atoms with Crippen LogP contribution in [0.25, 0.3) is 0 Å². The molecule has 122 valence electrons. The van der Waals surface area contributed by atoms with Gasteiger partial charge in [-0.1, -0.05) is 80.9 Å². The fourth-order valence-electron chi connectivity index (χ4n) is 2.00. The van der Waals surface area contributed by atoms with E-state index in [1.807, 2.05) is 0 Å². The van der Waals surface area contributed by atoms with Gasteiger partial charge >= 0.3 is 12.1 Å². The Labute approximate surface area is 132 Å². The molecular weight excluding hydrogens is 390 g/mol. The van der Waals surface area contributed by atoms with Crippen LogP contribution in [-0.2, 0) is 0 Å². The normalized spacial score (nSPS) is 14.6. The molecule has 20 heavy (non-hydrogen) atoms. The zero-order chi connectivity index (χ0) is 15.6. The Bertz CT molecular complexity index is 240. The lowest BCUT2D eigenvalue weighted by Gasteiger charge is -2.22. The number of unbranched alkanes of at least 4 members (excludes halogenated alkanes) is 7. The predicted octanol–water partition coefficient (Wildman–Crippen LogP) is 6.91. The van der Waals surface area contributed by atoms with Crippen molar-refractivity contribution in [3.05, 3.63) is 0 Å². The monoisotopic (exact) mass is 414 g/mol. The first kappa shape index (κ1) is 20.4. The molecule has 0 nitrogen and oxygen atoms in total. The molecule has 0 spiro atoms. The molecule has 0 rings (SSSR count). The lowest BCUT2D eigenvalue weighted by Crippen LogP contribution is -2.38. The van der Waals surface area contributed by atoms with Gasteiger partial charge < -0.3 is 0 Å². The van der Waals surface area contributed by atoms with Crippen LogP contribution >= 0.6 is 22.6 Å². The smallest absolute Gasteiger partial charge is 0.196 e. The van der Waals surface area contributed by atoms with Crippen LogP contribution in [0.15, 0.2) is 0 Å². The molecule has 0 radical (unpaired) electrons. The largest absolute Gasteiger partial charge is 0.453 e. The molecule has 6 heteroatoms. The Morgan fingerprint density at radius 2 is 1.25 bits per heavy atom. The molecule has 0 aromatic rings. The molecule has 0 fully saturated rings. The second-order valence-corrected chi connectivity index (χ2v) is 7.03. The molecule has 0 N–H and O–H groups in total. The fourth-order valence-corrected chi connectivity index (χ4v) is 2.99. The van der Waals surface area contributed by atoms with Crippen molar-refractivity contribution in [1.29, 1.82) is 0 Å². The van der Waals surface area contributed by atoms with Crippen LogP contribution in [0.5, 0.6) is 0 Å². The average Bonchev–Trinajstić information content (AvgIpc) is 2.30. The van der Waals surface area contributed by atoms with E-state index in [2.05, 4.69) is 6.92 Å². The van der Waals surface area contributed by atoms with Crippen LogP contribution in [0.3, 0.4) is 0 Å². The zero-order valence-electron chi connectivity index (χ0n) is 11.9. The van der Waals surface area contributed by atoms with Crippen molar-refractivity contribution in [3.8, 4) is 0 Å². The summed E-state index contributed by atoms with van der Waals surface area (Å²) >= 11 is 1.71. The molecule has 1 unspecified atom stereocenters. The van der Waals surface area contributed by atoms with Crippen LogP contribution in [0, 0.1) is 0 Å². The Kier molecular flexibility index (Phi) is 10.4. The third-order valence-electron chi connectivity index (χ3n) is 3.26. The van der Waals surface area contributed by atoms with Gasteiger partial charge in [0.25, 0.3) is 0 Å². The van der Waals surface area contributed by atoms with E-state index in [1.54, 1.807) is 22.6 Å². The highest BCUT2D eigenvalue weighted by atomic mass is 127. The van der Waals surface area contributed by atoms with Crippen molar-refractivity contribution in [2.45, 2.75) is 87.2 Å². The highest BCUT2D eigenvalue weighted by Crippen LogP contribution is 2.40. The fraction of sp³-hybridized carbons (Fsp3) is 1.00. The molecule has 0 saturated carbocycles. The molecule has 0 heterocycles. The van der Waals surface area contributed by atoms with Gasteiger partial charge in [-0.3, -0.25) is 0 Å². The molecule has 0 aromatic carbocycles.